The van der Waals surface area contributed by atoms with Gasteiger partial charge in [0.1, 0.15) is 5.82 Å². The van der Waals surface area contributed by atoms with Crippen LogP contribution >= 0.6 is 0 Å². The number of aliphatic hydroxyl groups excluding tert-OH is 1. The summed E-state index contributed by atoms with van der Waals surface area (Å²) in [5.74, 6) is -0.973. The number of piperidine rings is 1. The Kier molecular flexibility index (Phi) is 5.09. The molecule has 2 aromatic carbocycles. The van der Waals surface area contributed by atoms with Crippen LogP contribution in [0.25, 0.3) is 0 Å². The van der Waals surface area contributed by atoms with Crippen molar-refractivity contribution < 1.29 is 19.1 Å². The van der Waals surface area contributed by atoms with Gasteiger partial charge in [-0.1, -0.05) is 6.07 Å². The smallest absolute Gasteiger partial charge is 0.255 e. The molecule has 1 aliphatic rings. The quantitative estimate of drug-likeness (QED) is 0.901. The van der Waals surface area contributed by atoms with Crippen molar-refractivity contribution in [1.29, 1.82) is 0 Å². The summed E-state index contributed by atoms with van der Waals surface area (Å²) in [5, 5.41) is 12.2. The summed E-state index contributed by atoms with van der Waals surface area (Å²) in [4.78, 5) is 26.2. The number of rotatable bonds is 3. The number of carbonyl (C=O) groups excluding carboxylic acids is 2. The molecule has 1 aliphatic heterocycles. The number of hydrogen-bond donors (Lipinski definition) is 2. The largest absolute Gasteiger partial charge is 0.393 e. The number of anilines is 1. The number of amides is 2. The van der Waals surface area contributed by atoms with Crippen LogP contribution in [0.4, 0.5) is 10.1 Å². The topological polar surface area (TPSA) is 69.6 Å². The van der Waals surface area contributed by atoms with Gasteiger partial charge in [0.05, 0.1) is 6.10 Å². The normalized spacial score (nSPS) is 15.0. The molecule has 3 rings (SSSR count). The van der Waals surface area contributed by atoms with Crippen molar-refractivity contribution in [2.45, 2.75) is 18.9 Å². The van der Waals surface area contributed by atoms with E-state index in [0.29, 0.717) is 37.2 Å². The van der Waals surface area contributed by atoms with E-state index in [1.54, 1.807) is 29.2 Å². The molecular weight excluding hydrogens is 323 g/mol. The summed E-state index contributed by atoms with van der Waals surface area (Å²) in [6.45, 7) is 1.08. The van der Waals surface area contributed by atoms with Crippen molar-refractivity contribution in [2.75, 3.05) is 18.4 Å². The van der Waals surface area contributed by atoms with E-state index in [9.17, 15) is 19.1 Å². The van der Waals surface area contributed by atoms with E-state index < -0.39 is 11.7 Å². The highest BCUT2D eigenvalue weighted by molar-refractivity contribution is 6.04. The van der Waals surface area contributed by atoms with Crippen LogP contribution < -0.4 is 5.32 Å². The summed E-state index contributed by atoms with van der Waals surface area (Å²) in [6, 6.07) is 12.0. The third-order valence-corrected chi connectivity index (χ3v) is 4.23. The predicted molar refractivity (Wildman–Crippen MR) is 91.9 cm³/mol. The molecular formula is C19H19FN2O3. The maximum Gasteiger partial charge on any atom is 0.255 e. The molecule has 2 aromatic rings. The van der Waals surface area contributed by atoms with E-state index in [1.165, 1.54) is 18.2 Å². The summed E-state index contributed by atoms with van der Waals surface area (Å²) in [6.07, 6.45) is 0.852. The predicted octanol–water partition coefficient (Wildman–Crippen LogP) is 2.67. The number of likely N-dealkylation sites (tertiary alicyclic amines) is 1. The Labute approximate surface area is 145 Å². The molecule has 1 fully saturated rings. The molecule has 0 aliphatic carbocycles. The van der Waals surface area contributed by atoms with Crippen molar-refractivity contribution in [3.05, 3.63) is 65.5 Å². The highest BCUT2D eigenvalue weighted by Gasteiger charge is 2.22. The lowest BCUT2D eigenvalue weighted by Crippen LogP contribution is -2.40. The third-order valence-electron chi connectivity index (χ3n) is 4.23. The van der Waals surface area contributed by atoms with Crippen LogP contribution in [0.3, 0.4) is 0 Å². The third kappa shape index (κ3) is 4.22. The lowest BCUT2D eigenvalue weighted by molar-refractivity contribution is 0.0546. The molecule has 2 amide bonds. The second-order valence-corrected chi connectivity index (χ2v) is 6.07. The van der Waals surface area contributed by atoms with E-state index in [2.05, 4.69) is 5.32 Å². The molecule has 0 atom stereocenters. The zero-order chi connectivity index (χ0) is 17.8. The maximum atomic E-state index is 13.2. The van der Waals surface area contributed by atoms with Gasteiger partial charge in [-0.25, -0.2) is 4.39 Å². The van der Waals surface area contributed by atoms with Crippen molar-refractivity contribution in [1.82, 2.24) is 4.90 Å². The van der Waals surface area contributed by atoms with Crippen molar-refractivity contribution >= 4 is 17.5 Å². The molecule has 25 heavy (non-hydrogen) atoms. The Hall–Kier alpha value is -2.73. The van der Waals surface area contributed by atoms with Gasteiger partial charge in [0.2, 0.25) is 0 Å². The van der Waals surface area contributed by atoms with Gasteiger partial charge in [0.25, 0.3) is 11.8 Å². The van der Waals surface area contributed by atoms with Crippen LogP contribution in [0.1, 0.15) is 33.6 Å². The van der Waals surface area contributed by atoms with Gasteiger partial charge in [-0.2, -0.15) is 0 Å². The molecule has 0 saturated carbocycles. The van der Waals surface area contributed by atoms with Crippen LogP contribution in [0.5, 0.6) is 0 Å². The van der Waals surface area contributed by atoms with E-state index in [4.69, 9.17) is 0 Å². The molecule has 0 unspecified atom stereocenters. The fourth-order valence-electron chi connectivity index (χ4n) is 2.78. The minimum Gasteiger partial charge on any atom is -0.393 e. The Balaban J connectivity index is 1.64. The number of aliphatic hydroxyl groups is 1. The lowest BCUT2D eigenvalue weighted by Gasteiger charge is -2.29. The first kappa shape index (κ1) is 17.1. The van der Waals surface area contributed by atoms with E-state index in [-0.39, 0.29) is 17.6 Å². The van der Waals surface area contributed by atoms with Crippen LogP contribution in [-0.2, 0) is 0 Å². The summed E-state index contributed by atoms with van der Waals surface area (Å²) < 4.78 is 13.2. The fraction of sp³-hybridized carbons (Fsp3) is 0.263. The fourth-order valence-corrected chi connectivity index (χ4v) is 2.78. The van der Waals surface area contributed by atoms with Crippen LogP contribution in [0.2, 0.25) is 0 Å². The van der Waals surface area contributed by atoms with Crippen molar-refractivity contribution in [2.24, 2.45) is 0 Å². The highest BCUT2D eigenvalue weighted by Crippen LogP contribution is 2.16. The van der Waals surface area contributed by atoms with Gasteiger partial charge in [-0.05, 0) is 55.3 Å². The Morgan fingerprint density at radius 3 is 2.36 bits per heavy atom. The first-order chi connectivity index (χ1) is 12.0. The Morgan fingerprint density at radius 2 is 1.72 bits per heavy atom. The molecule has 1 heterocycles. The standard InChI is InChI=1S/C19H19FN2O3/c20-15-3-1-2-14(12-15)18(24)21-16-6-4-13(5-7-16)19(25)22-10-8-17(23)9-11-22/h1-7,12,17,23H,8-11H2,(H,21,24). The lowest BCUT2D eigenvalue weighted by atomic mass is 10.1. The molecule has 0 aromatic heterocycles. The zero-order valence-corrected chi connectivity index (χ0v) is 13.6. The first-order valence-corrected chi connectivity index (χ1v) is 8.17. The first-order valence-electron chi connectivity index (χ1n) is 8.17. The minimum atomic E-state index is -0.472. The van der Waals surface area contributed by atoms with Gasteiger partial charge in [-0.3, -0.25) is 9.59 Å². The van der Waals surface area contributed by atoms with Gasteiger partial charge < -0.3 is 15.3 Å². The van der Waals surface area contributed by atoms with Crippen molar-refractivity contribution in [3.63, 3.8) is 0 Å². The van der Waals surface area contributed by atoms with Gasteiger partial charge >= 0.3 is 0 Å². The number of benzene rings is 2. The Morgan fingerprint density at radius 1 is 1.04 bits per heavy atom. The second-order valence-electron chi connectivity index (χ2n) is 6.07. The van der Waals surface area contributed by atoms with Crippen LogP contribution in [-0.4, -0.2) is 41.0 Å². The highest BCUT2D eigenvalue weighted by atomic mass is 19.1. The average Bonchev–Trinajstić information content (AvgIpc) is 2.62. The average molecular weight is 342 g/mol. The summed E-state index contributed by atoms with van der Waals surface area (Å²) in [7, 11) is 0. The molecule has 0 radical (unpaired) electrons. The molecule has 6 heteroatoms. The molecule has 130 valence electrons. The Bertz CT molecular complexity index is 768. The molecule has 0 spiro atoms. The van der Waals surface area contributed by atoms with E-state index >= 15 is 0 Å². The number of halogens is 1. The number of hydrogen-bond acceptors (Lipinski definition) is 3. The van der Waals surface area contributed by atoms with Gasteiger partial charge in [-0.15, -0.1) is 0 Å². The molecule has 5 nitrogen and oxygen atoms in total. The zero-order valence-electron chi connectivity index (χ0n) is 13.6. The van der Waals surface area contributed by atoms with Crippen molar-refractivity contribution in [3.8, 4) is 0 Å². The number of nitrogens with one attached hydrogen (secondary N) is 1. The van der Waals surface area contributed by atoms with Crippen LogP contribution in [0, 0.1) is 5.82 Å². The molecule has 1 saturated heterocycles. The summed E-state index contributed by atoms with van der Waals surface area (Å²) >= 11 is 0. The number of carbonyl (C=O) groups is 2. The van der Waals surface area contributed by atoms with E-state index in [1.807, 2.05) is 0 Å². The van der Waals surface area contributed by atoms with Crippen LogP contribution in [0.15, 0.2) is 48.5 Å². The number of nitrogens with zero attached hydrogens (tertiary/aromatic N) is 1. The molecule has 0 bridgehead atoms. The van der Waals surface area contributed by atoms with E-state index in [0.717, 1.165) is 6.07 Å². The SMILES string of the molecule is O=C(Nc1ccc(C(=O)N2CCC(O)CC2)cc1)c1cccc(F)c1. The maximum absolute atomic E-state index is 13.2. The monoisotopic (exact) mass is 342 g/mol. The molecule has 2 N–H and O–H groups in total. The summed E-state index contributed by atoms with van der Waals surface area (Å²) in [5.41, 5.74) is 1.28. The minimum absolute atomic E-state index is 0.0880. The van der Waals surface area contributed by atoms with Gasteiger partial charge in [0, 0.05) is 29.9 Å². The van der Waals surface area contributed by atoms with Gasteiger partial charge in [0.15, 0.2) is 0 Å². The second kappa shape index (κ2) is 7.44.